The molecule has 1 aliphatic rings. The van der Waals surface area contributed by atoms with Crippen LogP contribution in [0.2, 0.25) is 0 Å². The van der Waals surface area contributed by atoms with Crippen molar-refractivity contribution in [2.45, 2.75) is 44.0 Å². The summed E-state index contributed by atoms with van der Waals surface area (Å²) in [5.41, 5.74) is 0.809. The van der Waals surface area contributed by atoms with E-state index in [1.54, 1.807) is 19.9 Å². The highest BCUT2D eigenvalue weighted by Crippen LogP contribution is 2.36. The zero-order valence-electron chi connectivity index (χ0n) is 17.3. The highest BCUT2D eigenvalue weighted by Gasteiger charge is 2.39. The number of aromatic nitrogens is 2. The quantitative estimate of drug-likeness (QED) is 0.513. The van der Waals surface area contributed by atoms with Gasteiger partial charge in [-0.3, -0.25) is 4.79 Å². The molecule has 1 saturated heterocycles. The van der Waals surface area contributed by atoms with E-state index in [9.17, 15) is 13.2 Å². The Labute approximate surface area is 184 Å². The number of sulfonamides is 1. The van der Waals surface area contributed by atoms with E-state index in [2.05, 4.69) is 10.1 Å². The van der Waals surface area contributed by atoms with Gasteiger partial charge in [-0.15, -0.1) is 11.3 Å². The molecule has 0 saturated carbocycles. The molecular formula is C21H23N3O5S2. The van der Waals surface area contributed by atoms with Crippen molar-refractivity contribution in [2.24, 2.45) is 0 Å². The molecule has 10 heteroatoms. The second-order valence-corrected chi connectivity index (χ2v) is 10.3. The van der Waals surface area contributed by atoms with Gasteiger partial charge < -0.3 is 9.26 Å². The van der Waals surface area contributed by atoms with Gasteiger partial charge in [0, 0.05) is 17.0 Å². The highest BCUT2D eigenvalue weighted by molar-refractivity contribution is 7.89. The van der Waals surface area contributed by atoms with Crippen LogP contribution in [0.25, 0.3) is 22.2 Å². The number of hydrogen-bond donors (Lipinski definition) is 0. The maximum atomic E-state index is 13.5. The van der Waals surface area contributed by atoms with E-state index in [1.165, 1.54) is 15.6 Å². The first-order valence-corrected chi connectivity index (χ1v) is 12.4. The summed E-state index contributed by atoms with van der Waals surface area (Å²) in [7, 11) is -3.88. The summed E-state index contributed by atoms with van der Waals surface area (Å²) < 4.78 is 38.7. The molecule has 0 radical (unpaired) electrons. The predicted octanol–water partition coefficient (Wildman–Crippen LogP) is 3.88. The normalized spacial score (nSPS) is 17.5. The third-order valence-corrected chi connectivity index (χ3v) is 8.34. The standard InChI is InChI=1S/C21H23N3O5S2/c1-3-28-21(25)16-11-7-8-12-24(16)31(26,27)18-13-17(30-14(18)2)20-22-19(23-29-20)15-9-5-4-6-10-15/h4-6,9-10,13,16H,3,7-8,11-12H2,1-2H3/t16-/m1/s1. The van der Waals surface area contributed by atoms with Crippen LogP contribution in [-0.2, 0) is 19.6 Å². The Hall–Kier alpha value is -2.56. The van der Waals surface area contributed by atoms with Gasteiger partial charge in [0.25, 0.3) is 5.89 Å². The third kappa shape index (κ3) is 4.28. The molecular weight excluding hydrogens is 438 g/mol. The molecule has 0 amide bonds. The van der Waals surface area contributed by atoms with Gasteiger partial charge in [-0.05, 0) is 39.2 Å². The first-order chi connectivity index (χ1) is 14.9. The minimum Gasteiger partial charge on any atom is -0.465 e. The van der Waals surface area contributed by atoms with Gasteiger partial charge in [0.2, 0.25) is 15.8 Å². The lowest BCUT2D eigenvalue weighted by Crippen LogP contribution is -2.48. The van der Waals surface area contributed by atoms with Gasteiger partial charge in [0.05, 0.1) is 16.4 Å². The topological polar surface area (TPSA) is 103 Å². The number of ether oxygens (including phenoxy) is 1. The van der Waals surface area contributed by atoms with Gasteiger partial charge in [-0.1, -0.05) is 35.5 Å². The summed E-state index contributed by atoms with van der Waals surface area (Å²) in [5, 5.41) is 4.01. The molecule has 8 nitrogen and oxygen atoms in total. The van der Waals surface area contributed by atoms with Crippen molar-refractivity contribution in [3.63, 3.8) is 0 Å². The molecule has 0 aliphatic carbocycles. The molecule has 164 valence electrons. The van der Waals surface area contributed by atoms with E-state index in [1.807, 2.05) is 30.3 Å². The number of carbonyl (C=O) groups is 1. The zero-order chi connectivity index (χ0) is 22.0. The lowest BCUT2D eigenvalue weighted by Gasteiger charge is -2.32. The van der Waals surface area contributed by atoms with Crippen molar-refractivity contribution in [2.75, 3.05) is 13.2 Å². The second-order valence-electron chi connectivity index (χ2n) is 7.20. The molecule has 0 N–H and O–H groups in total. The van der Waals surface area contributed by atoms with Crippen LogP contribution in [0.1, 0.15) is 31.1 Å². The minimum absolute atomic E-state index is 0.156. The maximum Gasteiger partial charge on any atom is 0.324 e. The maximum absolute atomic E-state index is 13.5. The molecule has 0 unspecified atom stereocenters. The summed E-state index contributed by atoms with van der Waals surface area (Å²) in [4.78, 5) is 18.1. The molecule has 1 atom stereocenters. The number of rotatable bonds is 6. The Kier molecular flexibility index (Phi) is 6.22. The van der Waals surface area contributed by atoms with Crippen LogP contribution in [0, 0.1) is 6.92 Å². The fraction of sp³-hybridized carbons (Fsp3) is 0.381. The van der Waals surface area contributed by atoms with Gasteiger partial charge in [-0.2, -0.15) is 9.29 Å². The number of carbonyl (C=O) groups excluding carboxylic acids is 1. The lowest BCUT2D eigenvalue weighted by atomic mass is 10.1. The Morgan fingerprint density at radius 2 is 2.06 bits per heavy atom. The van der Waals surface area contributed by atoms with E-state index < -0.39 is 22.0 Å². The van der Waals surface area contributed by atoms with E-state index in [-0.39, 0.29) is 23.9 Å². The summed E-state index contributed by atoms with van der Waals surface area (Å²) >= 11 is 1.27. The molecule has 2 aromatic heterocycles. The van der Waals surface area contributed by atoms with E-state index in [0.717, 1.165) is 12.0 Å². The summed E-state index contributed by atoms with van der Waals surface area (Å²) in [6, 6.07) is 10.2. The fourth-order valence-electron chi connectivity index (χ4n) is 3.65. The van der Waals surface area contributed by atoms with Crippen LogP contribution in [0.3, 0.4) is 0 Å². The molecule has 0 bridgehead atoms. The van der Waals surface area contributed by atoms with Crippen molar-refractivity contribution in [3.8, 4) is 22.2 Å². The predicted molar refractivity (Wildman–Crippen MR) is 116 cm³/mol. The van der Waals surface area contributed by atoms with Crippen LogP contribution < -0.4 is 0 Å². The highest BCUT2D eigenvalue weighted by atomic mass is 32.2. The fourth-order valence-corrected chi connectivity index (χ4v) is 6.78. The van der Waals surface area contributed by atoms with Gasteiger partial charge >= 0.3 is 5.97 Å². The summed E-state index contributed by atoms with van der Waals surface area (Å²) in [6.45, 7) is 3.95. The third-order valence-electron chi connectivity index (χ3n) is 5.14. The number of hydrogen-bond acceptors (Lipinski definition) is 8. The Bertz CT molecular complexity index is 1170. The molecule has 1 fully saturated rings. The number of thiophene rings is 1. The lowest BCUT2D eigenvalue weighted by molar-refractivity contribution is -0.148. The van der Waals surface area contributed by atoms with Crippen molar-refractivity contribution in [3.05, 3.63) is 41.3 Å². The molecule has 0 spiro atoms. The number of esters is 1. The molecule has 1 aliphatic heterocycles. The van der Waals surface area contributed by atoms with Crippen LogP contribution in [-0.4, -0.2) is 48.0 Å². The molecule has 1 aromatic carbocycles. The van der Waals surface area contributed by atoms with Crippen molar-refractivity contribution in [1.29, 1.82) is 0 Å². The van der Waals surface area contributed by atoms with E-state index in [4.69, 9.17) is 9.26 Å². The smallest absolute Gasteiger partial charge is 0.324 e. The number of nitrogens with zero attached hydrogens (tertiary/aromatic N) is 3. The molecule has 4 rings (SSSR count). The largest absolute Gasteiger partial charge is 0.465 e. The van der Waals surface area contributed by atoms with E-state index >= 15 is 0 Å². The summed E-state index contributed by atoms with van der Waals surface area (Å²) in [5.74, 6) is 0.196. The zero-order valence-corrected chi connectivity index (χ0v) is 18.9. The minimum atomic E-state index is -3.88. The van der Waals surface area contributed by atoms with Crippen molar-refractivity contribution < 1.29 is 22.5 Å². The number of piperidine rings is 1. The first-order valence-electron chi connectivity index (χ1n) is 10.1. The van der Waals surface area contributed by atoms with Crippen LogP contribution >= 0.6 is 11.3 Å². The van der Waals surface area contributed by atoms with Crippen LogP contribution in [0.4, 0.5) is 0 Å². The second kappa shape index (κ2) is 8.89. The average molecular weight is 462 g/mol. The average Bonchev–Trinajstić information content (AvgIpc) is 3.42. The van der Waals surface area contributed by atoms with Crippen molar-refractivity contribution >= 4 is 27.3 Å². The van der Waals surface area contributed by atoms with Gasteiger partial charge in [0.15, 0.2) is 0 Å². The molecule has 3 aromatic rings. The Balaban J connectivity index is 1.65. The van der Waals surface area contributed by atoms with E-state index in [0.29, 0.717) is 28.4 Å². The SMILES string of the molecule is CCOC(=O)[C@H]1CCCCN1S(=O)(=O)c1cc(-c2nc(-c3ccccc3)no2)sc1C. The van der Waals surface area contributed by atoms with Crippen LogP contribution in [0.15, 0.2) is 45.8 Å². The summed E-state index contributed by atoms with van der Waals surface area (Å²) in [6.07, 6.45) is 1.95. The van der Waals surface area contributed by atoms with Gasteiger partial charge in [0.1, 0.15) is 6.04 Å². The van der Waals surface area contributed by atoms with Crippen LogP contribution in [0.5, 0.6) is 0 Å². The molecule has 31 heavy (non-hydrogen) atoms. The van der Waals surface area contributed by atoms with Gasteiger partial charge in [-0.25, -0.2) is 8.42 Å². The Morgan fingerprint density at radius 3 is 2.81 bits per heavy atom. The first kappa shape index (κ1) is 21.7. The Morgan fingerprint density at radius 1 is 1.29 bits per heavy atom. The monoisotopic (exact) mass is 461 g/mol. The van der Waals surface area contributed by atoms with Crippen molar-refractivity contribution in [1.82, 2.24) is 14.4 Å². The number of aryl methyl sites for hydroxylation is 1. The number of benzene rings is 1. The molecule has 3 heterocycles.